The maximum atomic E-state index is 12.1. The molecular formula is C38H50ClN4NaO4S. The number of carbonyl (C=O) groups excluding carboxylic acids is 2. The molecule has 0 unspecified atom stereocenters. The minimum atomic E-state index is -0.393. The molecule has 11 heteroatoms. The molecule has 3 aliphatic rings. The van der Waals surface area contributed by atoms with Crippen LogP contribution in [0.3, 0.4) is 0 Å². The normalized spacial score (nSPS) is 22.0. The maximum Gasteiger partial charge on any atom is 1.00 e. The summed E-state index contributed by atoms with van der Waals surface area (Å²) in [7, 11) is 3.17. The van der Waals surface area contributed by atoms with Gasteiger partial charge in [0.05, 0.1) is 25.7 Å². The number of hydrogen-bond donors (Lipinski definition) is 2. The van der Waals surface area contributed by atoms with Crippen LogP contribution >= 0.6 is 24.2 Å². The molecule has 2 N–H and O–H groups in total. The van der Waals surface area contributed by atoms with E-state index >= 15 is 0 Å². The number of amides is 1. The number of anilines is 1. The molecule has 6 rings (SSSR count). The van der Waals surface area contributed by atoms with Crippen LogP contribution < -0.4 is 49.7 Å². The van der Waals surface area contributed by atoms with Gasteiger partial charge >= 0.3 is 29.6 Å². The Morgan fingerprint density at radius 3 is 2.63 bits per heavy atom. The predicted molar refractivity (Wildman–Crippen MR) is 196 cm³/mol. The molecule has 260 valence electrons. The maximum absolute atomic E-state index is 12.1. The summed E-state index contributed by atoms with van der Waals surface area (Å²) in [5.74, 6) is 2.91. The number of fused-ring (bicyclic) bond motifs is 3. The van der Waals surface area contributed by atoms with Gasteiger partial charge in [-0.1, -0.05) is 62.5 Å². The molecule has 2 heterocycles. The van der Waals surface area contributed by atoms with Crippen LogP contribution in [-0.2, 0) is 23.7 Å². The number of nitrogens with two attached hydrogens (primary N) is 1. The van der Waals surface area contributed by atoms with E-state index in [1.165, 1.54) is 61.4 Å². The number of halogens is 1. The van der Waals surface area contributed by atoms with Gasteiger partial charge in [0.25, 0.3) is 0 Å². The molecule has 0 radical (unpaired) electrons. The molecule has 1 saturated carbocycles. The van der Waals surface area contributed by atoms with Crippen molar-refractivity contribution >= 4 is 42.1 Å². The average Bonchev–Trinajstić information content (AvgIpc) is 3.36. The third kappa shape index (κ3) is 9.59. The van der Waals surface area contributed by atoms with Gasteiger partial charge in [0.15, 0.2) is 0 Å². The summed E-state index contributed by atoms with van der Waals surface area (Å²) in [6, 6.07) is 12.1. The largest absolute Gasteiger partial charge is 1.00 e. The quantitative estimate of drug-likeness (QED) is 0.133. The van der Waals surface area contributed by atoms with E-state index in [9.17, 15) is 9.59 Å². The molecule has 1 amide bonds. The third-order valence-corrected chi connectivity index (χ3v) is 11.5. The first-order valence-electron chi connectivity index (χ1n) is 17.3. The SMILES string of the molecule is COc1nn(C)cc1[C-]=O.C[C@@H](S)[C@@H](C)CCCC[C@@H]1CC[C@H]1CN1C[C@@]2(CCCc3cc(Cl)ccc32)COc2ccc(C(N)=O)cc21.[Na+]. The Balaban J connectivity index is 0.000000424. The van der Waals surface area contributed by atoms with E-state index < -0.39 is 5.91 Å². The molecule has 1 spiro atoms. The molecular weight excluding hydrogens is 667 g/mol. The number of methoxy groups -OCH3 is 1. The van der Waals surface area contributed by atoms with E-state index in [2.05, 4.69) is 48.6 Å². The summed E-state index contributed by atoms with van der Waals surface area (Å²) < 4.78 is 12.8. The monoisotopic (exact) mass is 716 g/mol. The van der Waals surface area contributed by atoms with Crippen molar-refractivity contribution in [2.45, 2.75) is 82.3 Å². The van der Waals surface area contributed by atoms with Gasteiger partial charge < -0.3 is 29.6 Å². The van der Waals surface area contributed by atoms with Crippen molar-refractivity contribution in [3.05, 3.63) is 69.9 Å². The van der Waals surface area contributed by atoms with Crippen LogP contribution in [0.1, 0.15) is 92.3 Å². The number of primary amides is 1. The minimum absolute atomic E-state index is 0. The van der Waals surface area contributed by atoms with E-state index in [1.54, 1.807) is 25.6 Å². The van der Waals surface area contributed by atoms with E-state index in [1.807, 2.05) is 18.2 Å². The summed E-state index contributed by atoms with van der Waals surface area (Å²) in [6.45, 7) is 7.04. The number of hydrogen-bond acceptors (Lipinski definition) is 7. The Morgan fingerprint density at radius 1 is 1.20 bits per heavy atom. The summed E-state index contributed by atoms with van der Waals surface area (Å²) in [5.41, 5.74) is 10.2. The minimum Gasteiger partial charge on any atom is -0.536 e. The second-order valence-electron chi connectivity index (χ2n) is 14.1. The Hall–Kier alpha value is -2.17. The Bertz CT molecular complexity index is 1590. The number of rotatable bonds is 11. The second kappa shape index (κ2) is 17.9. The van der Waals surface area contributed by atoms with Crippen LogP contribution in [0.5, 0.6) is 11.6 Å². The van der Waals surface area contributed by atoms with Gasteiger partial charge in [0, 0.05) is 41.4 Å². The van der Waals surface area contributed by atoms with Crippen LogP contribution in [0.4, 0.5) is 5.69 Å². The first-order valence-corrected chi connectivity index (χ1v) is 18.2. The van der Waals surface area contributed by atoms with Crippen molar-refractivity contribution in [3.8, 4) is 11.6 Å². The standard InChI is InChI=1S/C32H43ClN2O2S.C6H7N2O2.Na/c1-21(22(2)38)6-3-4-7-23-9-10-26(23)18-35-19-32(15-5-8-24-16-27(33)12-13-28(24)32)20-37-30-14-11-25(31(34)36)17-29(30)35;1-8-3-5(4-9)6(7-8)10-2;/h11-14,16-17,21-23,26,38H,3-10,15,18-20H2,1-2H3,(H2,34,36);3H,1-2H3;/q;-1;+1/t21-,22+,23+,26-,32-;;/m0../s1. The van der Waals surface area contributed by atoms with Gasteiger partial charge in [-0.05, 0) is 97.7 Å². The number of benzene rings is 2. The van der Waals surface area contributed by atoms with Crippen LogP contribution in [0.2, 0.25) is 5.02 Å². The Labute approximate surface area is 324 Å². The van der Waals surface area contributed by atoms with E-state index in [0.29, 0.717) is 40.7 Å². The van der Waals surface area contributed by atoms with E-state index in [-0.39, 0.29) is 35.0 Å². The van der Waals surface area contributed by atoms with Crippen LogP contribution in [-0.4, -0.2) is 54.0 Å². The Morgan fingerprint density at radius 2 is 1.98 bits per heavy atom. The van der Waals surface area contributed by atoms with Gasteiger partial charge in [0.1, 0.15) is 11.6 Å². The molecule has 49 heavy (non-hydrogen) atoms. The molecule has 0 bridgehead atoms. The Kier molecular flexibility index (Phi) is 14.4. The number of nitrogens with zero attached hydrogens (tertiary/aromatic N) is 3. The summed E-state index contributed by atoms with van der Waals surface area (Å²) >= 11 is 11.0. The smallest absolute Gasteiger partial charge is 0.536 e. The number of carbonyl (C=O) groups is 1. The third-order valence-electron chi connectivity index (χ3n) is 10.8. The fraction of sp³-hybridized carbons (Fsp3) is 0.553. The van der Waals surface area contributed by atoms with E-state index in [0.717, 1.165) is 54.7 Å². The van der Waals surface area contributed by atoms with Crippen molar-refractivity contribution in [2.75, 3.05) is 31.7 Å². The van der Waals surface area contributed by atoms with Crippen molar-refractivity contribution in [2.24, 2.45) is 30.5 Å². The van der Waals surface area contributed by atoms with Crippen molar-refractivity contribution < 1.29 is 48.6 Å². The zero-order chi connectivity index (χ0) is 34.4. The summed E-state index contributed by atoms with van der Waals surface area (Å²) in [5, 5.41) is 5.10. The molecule has 2 aliphatic carbocycles. The zero-order valence-corrected chi connectivity index (χ0v) is 33.4. The molecule has 1 fully saturated rings. The number of thiol groups is 1. The number of ether oxygens (including phenoxy) is 2. The molecule has 1 aromatic heterocycles. The topological polar surface area (TPSA) is 99.7 Å². The fourth-order valence-corrected chi connectivity index (χ4v) is 7.96. The molecule has 5 atom stereocenters. The molecule has 0 saturated heterocycles. The molecule has 1 aliphatic heterocycles. The van der Waals surface area contributed by atoms with Gasteiger partial charge in [-0.2, -0.15) is 12.6 Å². The van der Waals surface area contributed by atoms with Gasteiger partial charge in [-0.25, -0.2) is 5.10 Å². The van der Waals surface area contributed by atoms with Crippen LogP contribution in [0, 0.1) is 17.8 Å². The predicted octanol–water partition coefficient (Wildman–Crippen LogP) is 4.34. The van der Waals surface area contributed by atoms with Gasteiger partial charge in [-0.15, -0.1) is 0 Å². The fourth-order valence-electron chi connectivity index (χ4n) is 7.61. The zero-order valence-electron chi connectivity index (χ0n) is 29.7. The average molecular weight is 717 g/mol. The van der Waals surface area contributed by atoms with E-state index in [4.69, 9.17) is 26.8 Å². The van der Waals surface area contributed by atoms with Gasteiger partial charge in [0.2, 0.25) is 5.91 Å². The number of aromatic nitrogens is 2. The van der Waals surface area contributed by atoms with Crippen molar-refractivity contribution in [3.63, 3.8) is 0 Å². The van der Waals surface area contributed by atoms with Crippen LogP contribution in [0.15, 0.2) is 42.6 Å². The van der Waals surface area contributed by atoms with Gasteiger partial charge in [-0.3, -0.25) is 4.79 Å². The summed E-state index contributed by atoms with van der Waals surface area (Å²) in [6.07, 6.45) is 14.3. The van der Waals surface area contributed by atoms with Crippen molar-refractivity contribution in [1.29, 1.82) is 0 Å². The van der Waals surface area contributed by atoms with Crippen LogP contribution in [0.25, 0.3) is 0 Å². The molecule has 3 aromatic rings. The van der Waals surface area contributed by atoms with Crippen molar-refractivity contribution in [1.82, 2.24) is 9.78 Å². The number of unbranched alkanes of at least 4 members (excludes halogenated alkanes) is 1. The second-order valence-corrected chi connectivity index (χ2v) is 15.3. The summed E-state index contributed by atoms with van der Waals surface area (Å²) in [4.78, 5) is 24.8. The molecule has 8 nitrogen and oxygen atoms in total. The first kappa shape index (κ1) is 39.6. The number of aryl methyl sites for hydroxylation is 2. The molecule has 2 aromatic carbocycles. The first-order chi connectivity index (χ1) is 23.0.